The van der Waals surface area contributed by atoms with Crippen LogP contribution >= 0.6 is 0 Å². The monoisotopic (exact) mass is 276 g/mol. The molecule has 2 saturated carbocycles. The molecule has 0 aliphatic heterocycles. The lowest BCUT2D eigenvalue weighted by atomic mass is 10.0. The number of benzene rings is 1. The molecular weight excluding hydrogens is 255 g/mol. The molecule has 0 radical (unpaired) electrons. The number of aldehydes is 1. The van der Waals surface area contributed by atoms with E-state index < -0.39 is 5.82 Å². The van der Waals surface area contributed by atoms with Gasteiger partial charge in [0.1, 0.15) is 11.6 Å². The Morgan fingerprint density at radius 2 is 2.10 bits per heavy atom. The van der Waals surface area contributed by atoms with E-state index in [4.69, 9.17) is 4.74 Å². The van der Waals surface area contributed by atoms with E-state index in [0.717, 1.165) is 24.3 Å². The molecule has 2 unspecified atom stereocenters. The average Bonchev–Trinajstić information content (AvgIpc) is 3.19. The highest BCUT2D eigenvalue weighted by molar-refractivity contribution is 5.76. The fourth-order valence-electron chi connectivity index (χ4n) is 3.20. The topological polar surface area (TPSA) is 26.3 Å². The molecule has 2 atom stereocenters. The first-order chi connectivity index (χ1) is 9.67. The van der Waals surface area contributed by atoms with Gasteiger partial charge in [-0.3, -0.25) is 4.79 Å². The van der Waals surface area contributed by atoms with Gasteiger partial charge in [0.25, 0.3) is 0 Å². The van der Waals surface area contributed by atoms with Crippen LogP contribution in [0.1, 0.15) is 60.9 Å². The Kier molecular flexibility index (Phi) is 3.77. The summed E-state index contributed by atoms with van der Waals surface area (Å²) in [6.07, 6.45) is 6.48. The van der Waals surface area contributed by atoms with E-state index in [2.05, 4.69) is 6.92 Å². The van der Waals surface area contributed by atoms with Crippen LogP contribution in [-0.2, 0) is 0 Å². The summed E-state index contributed by atoms with van der Waals surface area (Å²) in [4.78, 5) is 10.9. The molecule has 0 bridgehead atoms. The quantitative estimate of drug-likeness (QED) is 0.748. The molecule has 2 nitrogen and oxygen atoms in total. The second kappa shape index (κ2) is 5.55. The molecule has 0 amide bonds. The Hall–Kier alpha value is -1.38. The lowest BCUT2D eigenvalue weighted by Crippen LogP contribution is -2.10. The summed E-state index contributed by atoms with van der Waals surface area (Å²) in [6, 6.07) is 3.07. The van der Waals surface area contributed by atoms with Crippen LogP contribution in [0.4, 0.5) is 4.39 Å². The van der Waals surface area contributed by atoms with E-state index in [1.807, 2.05) is 0 Å². The van der Waals surface area contributed by atoms with Crippen LogP contribution in [0.5, 0.6) is 5.75 Å². The maximum Gasteiger partial charge on any atom is 0.153 e. The highest BCUT2D eigenvalue weighted by Crippen LogP contribution is 2.45. The van der Waals surface area contributed by atoms with Crippen LogP contribution in [0.2, 0.25) is 0 Å². The second-order valence-electron chi connectivity index (χ2n) is 6.40. The molecule has 2 aliphatic rings. The van der Waals surface area contributed by atoms with Crippen LogP contribution in [0, 0.1) is 17.7 Å². The average molecular weight is 276 g/mol. The van der Waals surface area contributed by atoms with E-state index in [0.29, 0.717) is 30.5 Å². The number of carbonyl (C=O) groups is 1. The molecule has 20 heavy (non-hydrogen) atoms. The molecule has 1 aromatic rings. The van der Waals surface area contributed by atoms with E-state index in [-0.39, 0.29) is 5.56 Å². The van der Waals surface area contributed by atoms with Crippen LogP contribution in [0.15, 0.2) is 12.1 Å². The lowest BCUT2D eigenvalue weighted by Gasteiger charge is -2.15. The standard InChI is InChI=1S/C17H21FO2/c1-11-2-3-12(6-11)10-20-17-8-16(18)14(9-19)7-15(17)13-4-5-13/h7-9,11-13H,2-6,10H2,1H3. The molecule has 2 aliphatic carbocycles. The van der Waals surface area contributed by atoms with Crippen molar-refractivity contribution in [2.75, 3.05) is 6.61 Å². The van der Waals surface area contributed by atoms with Gasteiger partial charge in [-0.25, -0.2) is 4.39 Å². The van der Waals surface area contributed by atoms with Crippen molar-refractivity contribution in [1.82, 2.24) is 0 Å². The number of carbonyl (C=O) groups excluding carboxylic acids is 1. The molecule has 0 heterocycles. The Labute approximate surface area is 119 Å². The molecule has 0 aromatic heterocycles. The van der Waals surface area contributed by atoms with Crippen LogP contribution in [0.25, 0.3) is 0 Å². The minimum Gasteiger partial charge on any atom is -0.493 e. The Bertz CT molecular complexity index is 508. The van der Waals surface area contributed by atoms with Crippen molar-refractivity contribution in [3.05, 3.63) is 29.1 Å². The highest BCUT2D eigenvalue weighted by atomic mass is 19.1. The van der Waals surface area contributed by atoms with Crippen molar-refractivity contribution in [1.29, 1.82) is 0 Å². The van der Waals surface area contributed by atoms with Gasteiger partial charge in [0, 0.05) is 6.07 Å². The Morgan fingerprint density at radius 1 is 1.30 bits per heavy atom. The molecule has 0 saturated heterocycles. The number of halogens is 1. The SMILES string of the molecule is CC1CCC(COc2cc(F)c(C=O)cc2C2CC2)C1. The van der Waals surface area contributed by atoms with Gasteiger partial charge in [0.15, 0.2) is 6.29 Å². The molecule has 108 valence electrons. The van der Waals surface area contributed by atoms with Crippen molar-refractivity contribution in [2.24, 2.45) is 11.8 Å². The zero-order valence-corrected chi connectivity index (χ0v) is 11.9. The van der Waals surface area contributed by atoms with Crippen LogP contribution in [0.3, 0.4) is 0 Å². The molecule has 3 heteroatoms. The first-order valence-corrected chi connectivity index (χ1v) is 7.58. The summed E-state index contributed by atoms with van der Waals surface area (Å²) in [5, 5.41) is 0. The van der Waals surface area contributed by atoms with Crippen molar-refractivity contribution >= 4 is 6.29 Å². The minimum absolute atomic E-state index is 0.147. The summed E-state index contributed by atoms with van der Waals surface area (Å²) in [7, 11) is 0. The third-order valence-electron chi connectivity index (χ3n) is 4.55. The number of hydrogen-bond donors (Lipinski definition) is 0. The van der Waals surface area contributed by atoms with Gasteiger partial charge in [-0.15, -0.1) is 0 Å². The summed E-state index contributed by atoms with van der Waals surface area (Å²) in [5.41, 5.74) is 1.16. The maximum atomic E-state index is 13.8. The molecule has 3 rings (SSSR count). The summed E-state index contributed by atoms with van der Waals surface area (Å²) >= 11 is 0. The first kappa shape index (κ1) is 13.6. The fourth-order valence-corrected chi connectivity index (χ4v) is 3.20. The smallest absolute Gasteiger partial charge is 0.153 e. The Morgan fingerprint density at radius 3 is 2.70 bits per heavy atom. The maximum absolute atomic E-state index is 13.8. The second-order valence-corrected chi connectivity index (χ2v) is 6.40. The third-order valence-corrected chi connectivity index (χ3v) is 4.55. The summed E-state index contributed by atoms with van der Waals surface area (Å²) in [6.45, 7) is 2.94. The van der Waals surface area contributed by atoms with Gasteiger partial charge in [-0.05, 0) is 55.1 Å². The van der Waals surface area contributed by atoms with E-state index in [1.54, 1.807) is 6.07 Å². The van der Waals surface area contributed by atoms with E-state index in [1.165, 1.54) is 25.3 Å². The molecule has 1 aromatic carbocycles. The van der Waals surface area contributed by atoms with Gasteiger partial charge in [0.05, 0.1) is 12.2 Å². The van der Waals surface area contributed by atoms with E-state index >= 15 is 0 Å². The predicted molar refractivity (Wildman–Crippen MR) is 75.8 cm³/mol. The Balaban J connectivity index is 1.74. The van der Waals surface area contributed by atoms with Gasteiger partial charge in [0.2, 0.25) is 0 Å². The van der Waals surface area contributed by atoms with Crippen molar-refractivity contribution in [3.8, 4) is 5.75 Å². The van der Waals surface area contributed by atoms with Crippen molar-refractivity contribution < 1.29 is 13.9 Å². The molecule has 2 fully saturated rings. The minimum atomic E-state index is -0.473. The normalized spacial score (nSPS) is 25.7. The first-order valence-electron chi connectivity index (χ1n) is 7.58. The van der Waals surface area contributed by atoms with Gasteiger partial charge in [-0.2, -0.15) is 0 Å². The van der Waals surface area contributed by atoms with Crippen LogP contribution in [-0.4, -0.2) is 12.9 Å². The number of ether oxygens (including phenoxy) is 1. The van der Waals surface area contributed by atoms with Crippen molar-refractivity contribution in [3.63, 3.8) is 0 Å². The van der Waals surface area contributed by atoms with Gasteiger partial charge >= 0.3 is 0 Å². The zero-order chi connectivity index (χ0) is 14.1. The van der Waals surface area contributed by atoms with E-state index in [9.17, 15) is 9.18 Å². The van der Waals surface area contributed by atoms with Crippen LogP contribution < -0.4 is 4.74 Å². The highest BCUT2D eigenvalue weighted by Gasteiger charge is 2.29. The largest absolute Gasteiger partial charge is 0.493 e. The predicted octanol–water partition coefficient (Wildman–Crippen LogP) is 4.33. The molecule has 0 spiro atoms. The van der Waals surface area contributed by atoms with Gasteiger partial charge < -0.3 is 4.74 Å². The van der Waals surface area contributed by atoms with Crippen molar-refractivity contribution in [2.45, 2.75) is 44.9 Å². The summed E-state index contributed by atoms with van der Waals surface area (Å²) < 4.78 is 19.7. The molecule has 0 N–H and O–H groups in total. The summed E-state index contributed by atoms with van der Waals surface area (Å²) in [5.74, 6) is 1.99. The zero-order valence-electron chi connectivity index (χ0n) is 11.9. The third kappa shape index (κ3) is 2.87. The number of rotatable bonds is 5. The fraction of sp³-hybridized carbons (Fsp3) is 0.588. The van der Waals surface area contributed by atoms with Gasteiger partial charge in [-0.1, -0.05) is 13.3 Å². The lowest BCUT2D eigenvalue weighted by molar-refractivity contribution is 0.111. The molecular formula is C17H21FO2. The number of hydrogen-bond acceptors (Lipinski definition) is 2.